The van der Waals surface area contributed by atoms with E-state index in [9.17, 15) is 4.79 Å². The molecule has 0 atom stereocenters. The molecule has 1 aromatic carbocycles. The summed E-state index contributed by atoms with van der Waals surface area (Å²) in [5.41, 5.74) is 6.24. The summed E-state index contributed by atoms with van der Waals surface area (Å²) < 4.78 is 11.2. The van der Waals surface area contributed by atoms with Gasteiger partial charge in [-0.15, -0.1) is 24.0 Å². The van der Waals surface area contributed by atoms with E-state index in [-0.39, 0.29) is 30.6 Å². The molecule has 1 aliphatic rings. The van der Waals surface area contributed by atoms with Crippen molar-refractivity contribution in [3.63, 3.8) is 0 Å². The zero-order chi connectivity index (χ0) is 20.0. The highest BCUT2D eigenvalue weighted by atomic mass is 127. The van der Waals surface area contributed by atoms with Crippen molar-refractivity contribution in [1.82, 2.24) is 10.6 Å². The van der Waals surface area contributed by atoms with Crippen molar-refractivity contribution < 1.29 is 14.3 Å². The Labute approximate surface area is 191 Å². The Hall–Kier alpha value is -1.55. The molecule has 1 amide bonds. The number of carbonyl (C=O) groups excluding carboxylic acids is 1. The van der Waals surface area contributed by atoms with E-state index in [0.717, 1.165) is 25.5 Å². The maximum Gasteiger partial charge on any atom is 0.255 e. The van der Waals surface area contributed by atoms with Crippen LogP contribution in [0.1, 0.15) is 44.1 Å². The second-order valence-corrected chi connectivity index (χ2v) is 7.06. The first-order chi connectivity index (χ1) is 13.7. The molecule has 1 aliphatic carbocycles. The maximum atomic E-state index is 10.7. The SMILES string of the molecule is CN=C(NCCOC1CCCCCC1)NCCc1ccc(OCC(N)=O)cc1.I. The van der Waals surface area contributed by atoms with Crippen LogP contribution in [0.3, 0.4) is 0 Å². The predicted molar refractivity (Wildman–Crippen MR) is 127 cm³/mol. The fourth-order valence-corrected chi connectivity index (χ4v) is 3.26. The summed E-state index contributed by atoms with van der Waals surface area (Å²) in [5, 5.41) is 6.61. The number of hydrogen-bond acceptors (Lipinski definition) is 4. The zero-order valence-electron chi connectivity index (χ0n) is 17.3. The van der Waals surface area contributed by atoms with Gasteiger partial charge >= 0.3 is 0 Å². The normalized spacial score (nSPS) is 15.1. The van der Waals surface area contributed by atoms with Gasteiger partial charge in [0, 0.05) is 20.1 Å². The molecule has 8 heteroatoms. The Morgan fingerprint density at radius 3 is 2.38 bits per heavy atom. The Morgan fingerprint density at radius 1 is 1.10 bits per heavy atom. The van der Waals surface area contributed by atoms with E-state index < -0.39 is 5.91 Å². The first-order valence-electron chi connectivity index (χ1n) is 10.2. The van der Waals surface area contributed by atoms with Gasteiger partial charge in [0.05, 0.1) is 12.7 Å². The fraction of sp³-hybridized carbons (Fsp3) is 0.619. The van der Waals surface area contributed by atoms with Crippen molar-refractivity contribution in [3.8, 4) is 5.75 Å². The van der Waals surface area contributed by atoms with Crippen molar-refractivity contribution in [3.05, 3.63) is 29.8 Å². The van der Waals surface area contributed by atoms with Gasteiger partial charge in [0.25, 0.3) is 5.91 Å². The van der Waals surface area contributed by atoms with E-state index in [1.54, 1.807) is 7.05 Å². The topological polar surface area (TPSA) is 98.0 Å². The summed E-state index contributed by atoms with van der Waals surface area (Å²) in [5.74, 6) is 0.944. The molecule has 7 nitrogen and oxygen atoms in total. The lowest BCUT2D eigenvalue weighted by atomic mass is 10.1. The summed E-state index contributed by atoms with van der Waals surface area (Å²) in [6.45, 7) is 2.12. The van der Waals surface area contributed by atoms with E-state index in [1.165, 1.54) is 44.1 Å². The molecule has 1 fully saturated rings. The smallest absolute Gasteiger partial charge is 0.255 e. The molecule has 0 aromatic heterocycles. The van der Waals surface area contributed by atoms with Crippen molar-refractivity contribution in [2.24, 2.45) is 10.7 Å². The minimum Gasteiger partial charge on any atom is -0.484 e. The third-order valence-corrected chi connectivity index (χ3v) is 4.78. The highest BCUT2D eigenvalue weighted by Gasteiger charge is 2.12. The number of ether oxygens (including phenoxy) is 2. The second-order valence-electron chi connectivity index (χ2n) is 7.06. The number of carbonyl (C=O) groups is 1. The van der Waals surface area contributed by atoms with Gasteiger partial charge in [0.15, 0.2) is 12.6 Å². The fourth-order valence-electron chi connectivity index (χ4n) is 3.26. The number of nitrogens with one attached hydrogen (secondary N) is 2. The van der Waals surface area contributed by atoms with Crippen molar-refractivity contribution in [1.29, 1.82) is 0 Å². The Kier molecular flexibility index (Phi) is 13.5. The van der Waals surface area contributed by atoms with Crippen molar-refractivity contribution in [2.75, 3.05) is 33.4 Å². The van der Waals surface area contributed by atoms with Gasteiger partial charge in [-0.1, -0.05) is 37.8 Å². The highest BCUT2D eigenvalue weighted by molar-refractivity contribution is 14.0. The van der Waals surface area contributed by atoms with Crippen LogP contribution in [0.2, 0.25) is 0 Å². The van der Waals surface area contributed by atoms with Gasteiger partial charge < -0.3 is 25.8 Å². The van der Waals surface area contributed by atoms with E-state index >= 15 is 0 Å². The van der Waals surface area contributed by atoms with Gasteiger partial charge in [-0.05, 0) is 37.0 Å². The summed E-state index contributed by atoms with van der Waals surface area (Å²) in [4.78, 5) is 15.0. The Bertz CT molecular complexity index is 602. The van der Waals surface area contributed by atoms with E-state index in [2.05, 4.69) is 15.6 Å². The number of amides is 1. The van der Waals surface area contributed by atoms with Crippen LogP contribution in [0.4, 0.5) is 0 Å². The maximum absolute atomic E-state index is 10.7. The lowest BCUT2D eigenvalue weighted by Crippen LogP contribution is -2.40. The lowest BCUT2D eigenvalue weighted by molar-refractivity contribution is -0.119. The third-order valence-electron chi connectivity index (χ3n) is 4.78. The van der Waals surface area contributed by atoms with E-state index in [1.807, 2.05) is 24.3 Å². The number of halogens is 1. The monoisotopic (exact) mass is 518 g/mol. The quantitative estimate of drug-likeness (QED) is 0.146. The minimum atomic E-state index is -0.480. The summed E-state index contributed by atoms with van der Waals surface area (Å²) in [6.07, 6.45) is 8.94. The summed E-state index contributed by atoms with van der Waals surface area (Å²) in [6, 6.07) is 7.65. The van der Waals surface area contributed by atoms with Crippen LogP contribution in [-0.4, -0.2) is 51.3 Å². The number of nitrogens with zero attached hydrogens (tertiary/aromatic N) is 1. The number of guanidine groups is 1. The van der Waals surface area contributed by atoms with Crippen molar-refractivity contribution in [2.45, 2.75) is 51.0 Å². The molecule has 1 aromatic rings. The van der Waals surface area contributed by atoms with E-state index in [0.29, 0.717) is 18.5 Å². The predicted octanol–water partition coefficient (Wildman–Crippen LogP) is 2.62. The Morgan fingerprint density at radius 2 is 1.76 bits per heavy atom. The minimum absolute atomic E-state index is 0. The van der Waals surface area contributed by atoms with Gasteiger partial charge in [-0.3, -0.25) is 9.79 Å². The van der Waals surface area contributed by atoms with Crippen molar-refractivity contribution >= 4 is 35.8 Å². The number of nitrogens with two attached hydrogens (primary N) is 1. The van der Waals surface area contributed by atoms with Crippen LogP contribution in [0.25, 0.3) is 0 Å². The third kappa shape index (κ3) is 11.3. The number of hydrogen-bond donors (Lipinski definition) is 3. The Balaban J connectivity index is 0.00000420. The number of rotatable bonds is 10. The number of benzene rings is 1. The number of primary amides is 1. The van der Waals surface area contributed by atoms with Crippen LogP contribution in [0.5, 0.6) is 5.75 Å². The molecule has 4 N–H and O–H groups in total. The zero-order valence-corrected chi connectivity index (χ0v) is 19.7. The molecule has 0 aliphatic heterocycles. The van der Waals surface area contributed by atoms with Crippen LogP contribution < -0.4 is 21.1 Å². The largest absolute Gasteiger partial charge is 0.484 e. The molecule has 1 saturated carbocycles. The summed E-state index contributed by atoms with van der Waals surface area (Å²) >= 11 is 0. The van der Waals surface area contributed by atoms with Gasteiger partial charge in [0.1, 0.15) is 5.75 Å². The van der Waals surface area contributed by atoms with Gasteiger partial charge in [-0.25, -0.2) is 0 Å². The standard InChI is InChI=1S/C21H34N4O3.HI/c1-23-21(25-14-15-27-18-6-4-2-3-5-7-18)24-13-12-17-8-10-19(11-9-17)28-16-20(22)26;/h8-11,18H,2-7,12-16H2,1H3,(H2,22,26)(H2,23,24,25);1H. The molecule has 164 valence electrons. The molecule has 0 unspecified atom stereocenters. The average Bonchev–Trinajstić information content (AvgIpc) is 2.98. The van der Waals surface area contributed by atoms with Crippen LogP contribution >= 0.6 is 24.0 Å². The van der Waals surface area contributed by atoms with E-state index in [4.69, 9.17) is 15.2 Å². The van der Waals surface area contributed by atoms with Crippen LogP contribution in [0, 0.1) is 0 Å². The molecule has 0 heterocycles. The van der Waals surface area contributed by atoms with Gasteiger partial charge in [0.2, 0.25) is 0 Å². The molecule has 29 heavy (non-hydrogen) atoms. The summed E-state index contributed by atoms with van der Waals surface area (Å²) in [7, 11) is 1.77. The average molecular weight is 518 g/mol. The first kappa shape index (κ1) is 25.5. The first-order valence-corrected chi connectivity index (χ1v) is 10.2. The molecule has 0 radical (unpaired) electrons. The van der Waals surface area contributed by atoms with Gasteiger partial charge in [-0.2, -0.15) is 0 Å². The molecule has 0 spiro atoms. The van der Waals surface area contributed by atoms with Crippen LogP contribution in [-0.2, 0) is 16.0 Å². The molecule has 0 bridgehead atoms. The molecule has 0 saturated heterocycles. The van der Waals surface area contributed by atoms with Crippen LogP contribution in [0.15, 0.2) is 29.3 Å². The number of aliphatic imine (C=N–C) groups is 1. The molecule has 2 rings (SSSR count). The molecular weight excluding hydrogens is 483 g/mol. The second kappa shape index (κ2) is 15.3. The molecular formula is C21H35IN4O3. The highest BCUT2D eigenvalue weighted by Crippen LogP contribution is 2.19. The lowest BCUT2D eigenvalue weighted by Gasteiger charge is -2.17.